The quantitative estimate of drug-likeness (QED) is 0.271. The minimum atomic E-state index is -1.09. The van der Waals surface area contributed by atoms with Gasteiger partial charge >= 0.3 is 5.18 Å². The summed E-state index contributed by atoms with van der Waals surface area (Å²) in [5, 5.41) is 9.30. The van der Waals surface area contributed by atoms with Gasteiger partial charge in [-0.05, 0) is 62.1 Å². The molecule has 2 aliphatic heterocycles. The summed E-state index contributed by atoms with van der Waals surface area (Å²) in [6, 6.07) is 28.9. The number of aryl methyl sites for hydroxylation is 4. The molecule has 0 aliphatic carbocycles. The minimum Gasteiger partial charge on any atom is -0.362 e. The van der Waals surface area contributed by atoms with Gasteiger partial charge in [-0.1, -0.05) is 48.5 Å². The predicted octanol–water partition coefficient (Wildman–Crippen LogP) is 8.59. The van der Waals surface area contributed by atoms with Gasteiger partial charge in [0, 0.05) is 43.9 Å². The molecule has 0 saturated carbocycles. The molecule has 172 valence electrons. The number of fused-ring (bicyclic) bond motifs is 2. The lowest BCUT2D eigenvalue weighted by atomic mass is 10.1. The molecule has 2 aliphatic rings. The van der Waals surface area contributed by atoms with Crippen LogP contribution in [0.25, 0.3) is 0 Å². The first-order valence-electron chi connectivity index (χ1n) is 11.7. The van der Waals surface area contributed by atoms with Crippen LogP contribution in [0.15, 0.2) is 100 Å². The number of hydrogen-bond acceptors (Lipinski definition) is 4. The Balaban J connectivity index is 1.69. The van der Waals surface area contributed by atoms with Gasteiger partial charge in [-0.15, -0.1) is 0 Å². The van der Waals surface area contributed by atoms with Crippen molar-refractivity contribution >= 4 is 34.5 Å². The number of ether oxygens (including phenoxy) is 1. The molecular formula is C29H26N4OS+2. The number of thioether (sulfide) groups is 1. The molecule has 0 radical (unpaired) electrons. The van der Waals surface area contributed by atoms with Crippen molar-refractivity contribution in [3.63, 3.8) is 0 Å². The van der Waals surface area contributed by atoms with E-state index in [1.807, 2.05) is 45.8 Å². The number of hydrogen-bond donors (Lipinski definition) is 0. The Kier molecular flexibility index (Phi) is 5.07. The van der Waals surface area contributed by atoms with Crippen LogP contribution in [0.3, 0.4) is 0 Å². The van der Waals surface area contributed by atoms with Crippen LogP contribution < -0.4 is 4.74 Å². The summed E-state index contributed by atoms with van der Waals surface area (Å²) in [6.45, 7) is 8.40. The molecule has 6 rings (SSSR count). The third kappa shape index (κ3) is 3.56. The summed E-state index contributed by atoms with van der Waals surface area (Å²) in [5.74, 6) is 0.777. The molecule has 1 atom stereocenters. The fourth-order valence-electron chi connectivity index (χ4n) is 4.75. The molecule has 0 fully saturated rings. The Labute approximate surface area is 209 Å². The Morgan fingerprint density at radius 3 is 1.77 bits per heavy atom. The Bertz CT molecular complexity index is 1410. The van der Waals surface area contributed by atoms with Gasteiger partial charge in [-0.2, -0.15) is 0 Å². The Morgan fingerprint density at radius 1 is 0.657 bits per heavy atom. The van der Waals surface area contributed by atoms with E-state index in [9.17, 15) is 0 Å². The standard InChI is InChI=1S/C29H26N4OS/c1-19-15-21(3)27-25(17-19)30-32(23-11-7-5-8-12-23)29(34-27)33(24-13-9-6-10-14-24)31-26-18-20(2)16-22(4)28(26)35-29/h5-18H,1-4H3/q+2/t29-/m0/s1. The van der Waals surface area contributed by atoms with Crippen LogP contribution in [0.2, 0.25) is 0 Å². The van der Waals surface area contributed by atoms with Crippen molar-refractivity contribution in [2.24, 2.45) is 10.2 Å². The summed E-state index contributed by atoms with van der Waals surface area (Å²) in [7, 11) is 0. The zero-order valence-electron chi connectivity index (χ0n) is 20.2. The second-order valence-corrected chi connectivity index (χ2v) is 10.3. The molecule has 0 bridgehead atoms. The van der Waals surface area contributed by atoms with Gasteiger partial charge < -0.3 is 4.74 Å². The summed E-state index contributed by atoms with van der Waals surface area (Å²) >= 11 is 1.64. The lowest BCUT2D eigenvalue weighted by Gasteiger charge is -2.29. The van der Waals surface area contributed by atoms with Crippen LogP contribution >= 0.6 is 11.8 Å². The molecule has 5 nitrogen and oxygen atoms in total. The van der Waals surface area contributed by atoms with Crippen LogP contribution in [0, 0.1) is 27.7 Å². The molecule has 0 N–H and O–H groups in total. The van der Waals surface area contributed by atoms with E-state index in [1.165, 1.54) is 11.1 Å². The van der Waals surface area contributed by atoms with E-state index in [0.29, 0.717) is 0 Å². The highest BCUT2D eigenvalue weighted by molar-refractivity contribution is 8.00. The number of para-hydroxylation sites is 2. The highest BCUT2D eigenvalue weighted by Crippen LogP contribution is 2.55. The van der Waals surface area contributed by atoms with Crippen LogP contribution in [0.4, 0.5) is 22.7 Å². The molecule has 0 unspecified atom stereocenters. The fourth-order valence-corrected chi connectivity index (χ4v) is 6.03. The van der Waals surface area contributed by atoms with Gasteiger partial charge in [0.1, 0.15) is 5.69 Å². The lowest BCUT2D eigenvalue weighted by molar-refractivity contribution is -0.824. The van der Waals surface area contributed by atoms with Crippen molar-refractivity contribution in [3.8, 4) is 5.75 Å². The molecule has 35 heavy (non-hydrogen) atoms. The van der Waals surface area contributed by atoms with E-state index >= 15 is 0 Å². The second kappa shape index (κ2) is 8.17. The van der Waals surface area contributed by atoms with Gasteiger partial charge in [0.05, 0.1) is 16.7 Å². The topological polar surface area (TPSA) is 40.0 Å². The first-order valence-corrected chi connectivity index (χ1v) is 12.5. The van der Waals surface area contributed by atoms with E-state index in [-0.39, 0.29) is 0 Å². The maximum absolute atomic E-state index is 7.05. The number of rotatable bonds is 2. The van der Waals surface area contributed by atoms with Crippen LogP contribution in [-0.2, 0) is 0 Å². The summed E-state index contributed by atoms with van der Waals surface area (Å²) < 4.78 is 11.0. The zero-order valence-corrected chi connectivity index (χ0v) is 21.0. The summed E-state index contributed by atoms with van der Waals surface area (Å²) in [4.78, 5) is 1.09. The average molecular weight is 479 g/mol. The van der Waals surface area contributed by atoms with Gasteiger partial charge in [0.15, 0.2) is 11.4 Å². The SMILES string of the molecule is Cc1cc(C)c2c(c1)N=[N+](c1ccccc1)[C@]1(O2)Sc2c(C)cc(C)cc2N=[N+]1c1ccccc1. The van der Waals surface area contributed by atoms with Crippen molar-refractivity contribution in [3.05, 3.63) is 107 Å². The average Bonchev–Trinajstić information content (AvgIpc) is 2.85. The first kappa shape index (κ1) is 21.7. The number of azo groups is 4. The van der Waals surface area contributed by atoms with E-state index in [0.717, 1.165) is 44.5 Å². The zero-order chi connectivity index (χ0) is 24.2. The fraction of sp³-hybridized carbons (Fsp3) is 0.172. The molecule has 0 amide bonds. The highest BCUT2D eigenvalue weighted by atomic mass is 32.2. The monoisotopic (exact) mass is 478 g/mol. The lowest BCUT2D eigenvalue weighted by Crippen LogP contribution is -2.52. The molecule has 6 heteroatoms. The highest BCUT2D eigenvalue weighted by Gasteiger charge is 2.68. The summed E-state index contributed by atoms with van der Waals surface area (Å²) in [6.07, 6.45) is 0. The molecular weight excluding hydrogens is 452 g/mol. The third-order valence-corrected chi connectivity index (χ3v) is 7.65. The molecule has 4 aromatic carbocycles. The molecule has 0 aromatic heterocycles. The third-order valence-electron chi connectivity index (χ3n) is 6.22. The normalized spacial score (nSPS) is 18.3. The predicted molar refractivity (Wildman–Crippen MR) is 138 cm³/mol. The Morgan fingerprint density at radius 2 is 1.17 bits per heavy atom. The van der Waals surface area contributed by atoms with Crippen LogP contribution in [0.5, 0.6) is 5.75 Å². The molecule has 2 heterocycles. The Hall–Kier alpha value is -3.77. The maximum Gasteiger partial charge on any atom is 0.631 e. The van der Waals surface area contributed by atoms with E-state index in [4.69, 9.17) is 15.0 Å². The van der Waals surface area contributed by atoms with E-state index < -0.39 is 5.18 Å². The van der Waals surface area contributed by atoms with Crippen molar-refractivity contribution in [2.75, 3.05) is 0 Å². The number of nitrogens with zero attached hydrogens (tertiary/aromatic N) is 4. The molecule has 0 saturated heterocycles. The van der Waals surface area contributed by atoms with Gasteiger partial charge in [-0.3, -0.25) is 0 Å². The molecule has 4 aromatic rings. The van der Waals surface area contributed by atoms with Gasteiger partial charge in [0.2, 0.25) is 11.4 Å². The van der Waals surface area contributed by atoms with Crippen molar-refractivity contribution in [1.82, 2.24) is 0 Å². The summed E-state index contributed by atoms with van der Waals surface area (Å²) in [5.41, 5.74) is 8.15. The van der Waals surface area contributed by atoms with Gasteiger partial charge in [0.25, 0.3) is 0 Å². The van der Waals surface area contributed by atoms with Crippen molar-refractivity contribution < 1.29 is 14.1 Å². The molecule has 1 spiro atoms. The maximum atomic E-state index is 7.05. The first-order chi connectivity index (χ1) is 16.9. The van der Waals surface area contributed by atoms with E-state index in [2.05, 4.69) is 76.2 Å². The van der Waals surface area contributed by atoms with Crippen molar-refractivity contribution in [1.29, 1.82) is 0 Å². The second-order valence-electron chi connectivity index (χ2n) is 9.11. The van der Waals surface area contributed by atoms with E-state index in [1.54, 1.807) is 11.8 Å². The largest absolute Gasteiger partial charge is 0.631 e. The van der Waals surface area contributed by atoms with Crippen molar-refractivity contribution in [2.45, 2.75) is 37.8 Å². The van der Waals surface area contributed by atoms with Crippen LogP contribution in [-0.4, -0.2) is 14.6 Å². The van der Waals surface area contributed by atoms with Crippen LogP contribution in [0.1, 0.15) is 22.3 Å². The number of benzene rings is 4. The minimum absolute atomic E-state index is 0.777. The van der Waals surface area contributed by atoms with Gasteiger partial charge in [-0.25, -0.2) is 0 Å². The smallest absolute Gasteiger partial charge is 0.362 e.